The van der Waals surface area contributed by atoms with Crippen LogP contribution in [0.4, 0.5) is 0 Å². The van der Waals surface area contributed by atoms with Crippen molar-refractivity contribution in [2.45, 2.75) is 27.2 Å². The lowest BCUT2D eigenvalue weighted by atomic mass is 9.90. The number of carbonyl (C=O) groups excluding carboxylic acids is 2. The van der Waals surface area contributed by atoms with Gasteiger partial charge in [0.2, 0.25) is 0 Å². The predicted molar refractivity (Wildman–Crippen MR) is 79.0 cm³/mol. The molecule has 0 aliphatic heterocycles. The van der Waals surface area contributed by atoms with Crippen LogP contribution in [0.25, 0.3) is 5.57 Å². The van der Waals surface area contributed by atoms with Gasteiger partial charge in [0.1, 0.15) is 11.7 Å². The summed E-state index contributed by atoms with van der Waals surface area (Å²) in [7, 11) is 0. The van der Waals surface area contributed by atoms with Crippen LogP contribution in [0.2, 0.25) is 0 Å². The Bertz CT molecular complexity index is 522. The Morgan fingerprint density at radius 3 is 2.40 bits per heavy atom. The van der Waals surface area contributed by atoms with Gasteiger partial charge < -0.3 is 4.74 Å². The average molecular weight is 272 g/mol. The summed E-state index contributed by atoms with van der Waals surface area (Å²) in [6, 6.07) is 9.34. The summed E-state index contributed by atoms with van der Waals surface area (Å²) in [6.07, 6.45) is 2.60. The van der Waals surface area contributed by atoms with Crippen molar-refractivity contribution in [3.8, 4) is 0 Å². The molecule has 0 saturated carbocycles. The molecule has 0 saturated heterocycles. The Balaban J connectivity index is 3.31. The Hall–Kier alpha value is -2.12. The minimum absolute atomic E-state index is 0.237. The molecule has 1 rings (SSSR count). The first kappa shape index (κ1) is 15.9. The molecular weight excluding hydrogens is 252 g/mol. The molecule has 1 unspecified atom stereocenters. The molecule has 3 heteroatoms. The third kappa shape index (κ3) is 4.22. The van der Waals surface area contributed by atoms with Gasteiger partial charge in [0.25, 0.3) is 0 Å². The van der Waals surface area contributed by atoms with Gasteiger partial charge in [-0.05, 0) is 31.9 Å². The van der Waals surface area contributed by atoms with Gasteiger partial charge in [-0.25, -0.2) is 0 Å². The molecule has 3 nitrogen and oxygen atoms in total. The van der Waals surface area contributed by atoms with E-state index in [2.05, 4.69) is 5.73 Å². The van der Waals surface area contributed by atoms with Gasteiger partial charge >= 0.3 is 5.97 Å². The Morgan fingerprint density at radius 2 is 1.90 bits per heavy atom. The van der Waals surface area contributed by atoms with E-state index in [1.165, 1.54) is 6.92 Å². The highest BCUT2D eigenvalue weighted by atomic mass is 16.5. The molecular formula is C17H20O3. The van der Waals surface area contributed by atoms with Crippen LogP contribution in [0.15, 0.2) is 42.1 Å². The normalized spacial score (nSPS) is 11.2. The van der Waals surface area contributed by atoms with Gasteiger partial charge in [0, 0.05) is 5.57 Å². The Labute approximate surface area is 120 Å². The number of hydrogen-bond acceptors (Lipinski definition) is 3. The van der Waals surface area contributed by atoms with E-state index in [-0.39, 0.29) is 12.4 Å². The van der Waals surface area contributed by atoms with Gasteiger partial charge in [-0.1, -0.05) is 37.3 Å². The maximum Gasteiger partial charge on any atom is 0.321 e. The van der Waals surface area contributed by atoms with E-state index in [1.807, 2.05) is 43.3 Å². The Kier molecular flexibility index (Phi) is 6.48. The summed E-state index contributed by atoms with van der Waals surface area (Å²) < 4.78 is 5.01. The quantitative estimate of drug-likeness (QED) is 0.453. The van der Waals surface area contributed by atoms with Crippen molar-refractivity contribution >= 4 is 17.3 Å². The van der Waals surface area contributed by atoms with Crippen LogP contribution >= 0.6 is 0 Å². The molecule has 0 heterocycles. The number of ether oxygens (including phenoxy) is 1. The van der Waals surface area contributed by atoms with Crippen molar-refractivity contribution in [3.63, 3.8) is 0 Å². The summed E-state index contributed by atoms with van der Waals surface area (Å²) in [6.45, 7) is 5.35. The van der Waals surface area contributed by atoms with Crippen LogP contribution < -0.4 is 0 Å². The SMILES string of the molecule is CCC=C=C(c1ccccc1)C(C(C)=O)C(=O)OCC. The molecule has 0 fully saturated rings. The zero-order chi connectivity index (χ0) is 15.0. The van der Waals surface area contributed by atoms with Crippen LogP contribution in [0.3, 0.4) is 0 Å². The highest BCUT2D eigenvalue weighted by molar-refractivity contribution is 6.08. The minimum Gasteiger partial charge on any atom is -0.465 e. The van der Waals surface area contributed by atoms with Crippen molar-refractivity contribution in [1.29, 1.82) is 0 Å². The predicted octanol–water partition coefficient (Wildman–Crippen LogP) is 3.40. The molecule has 0 N–H and O–H groups in total. The molecule has 0 aliphatic carbocycles. The second-order valence-electron chi connectivity index (χ2n) is 4.33. The number of benzene rings is 1. The zero-order valence-electron chi connectivity index (χ0n) is 12.2. The van der Waals surface area contributed by atoms with E-state index in [4.69, 9.17) is 4.74 Å². The summed E-state index contributed by atoms with van der Waals surface area (Å²) in [4.78, 5) is 23.9. The number of esters is 1. The molecule has 106 valence electrons. The van der Waals surface area contributed by atoms with Gasteiger partial charge in [-0.2, -0.15) is 0 Å². The van der Waals surface area contributed by atoms with Crippen molar-refractivity contribution < 1.29 is 14.3 Å². The number of Topliss-reactive ketones (excluding diaryl/α,β-unsaturated/α-hetero) is 1. The van der Waals surface area contributed by atoms with Crippen molar-refractivity contribution in [3.05, 3.63) is 47.7 Å². The second-order valence-corrected chi connectivity index (χ2v) is 4.33. The zero-order valence-corrected chi connectivity index (χ0v) is 12.2. The third-order valence-electron chi connectivity index (χ3n) is 2.76. The fourth-order valence-corrected chi connectivity index (χ4v) is 1.88. The van der Waals surface area contributed by atoms with E-state index < -0.39 is 11.9 Å². The van der Waals surface area contributed by atoms with E-state index in [9.17, 15) is 9.59 Å². The highest BCUT2D eigenvalue weighted by Gasteiger charge is 2.29. The smallest absolute Gasteiger partial charge is 0.321 e. The lowest BCUT2D eigenvalue weighted by Crippen LogP contribution is -2.25. The van der Waals surface area contributed by atoms with Crippen molar-refractivity contribution in [2.24, 2.45) is 5.92 Å². The lowest BCUT2D eigenvalue weighted by Gasteiger charge is -2.15. The van der Waals surface area contributed by atoms with E-state index in [0.29, 0.717) is 5.57 Å². The average Bonchev–Trinajstić information content (AvgIpc) is 2.44. The van der Waals surface area contributed by atoms with Crippen LogP contribution in [0.5, 0.6) is 0 Å². The summed E-state index contributed by atoms with van der Waals surface area (Å²) in [5.74, 6) is -1.67. The molecule has 1 aromatic carbocycles. The molecule has 1 atom stereocenters. The first-order chi connectivity index (χ1) is 9.61. The monoisotopic (exact) mass is 272 g/mol. The van der Waals surface area contributed by atoms with Crippen LogP contribution in [-0.4, -0.2) is 18.4 Å². The molecule has 0 aromatic heterocycles. The van der Waals surface area contributed by atoms with Gasteiger partial charge in [-0.15, -0.1) is 5.73 Å². The maximum absolute atomic E-state index is 12.0. The number of rotatable bonds is 6. The number of carbonyl (C=O) groups is 2. The van der Waals surface area contributed by atoms with E-state index in [1.54, 1.807) is 6.92 Å². The summed E-state index contributed by atoms with van der Waals surface area (Å²) >= 11 is 0. The van der Waals surface area contributed by atoms with Crippen molar-refractivity contribution in [1.82, 2.24) is 0 Å². The lowest BCUT2D eigenvalue weighted by molar-refractivity contribution is -0.148. The Morgan fingerprint density at radius 1 is 1.25 bits per heavy atom. The topological polar surface area (TPSA) is 43.4 Å². The molecule has 20 heavy (non-hydrogen) atoms. The summed E-state index contributed by atoms with van der Waals surface area (Å²) in [5.41, 5.74) is 4.46. The van der Waals surface area contributed by atoms with Crippen LogP contribution in [0.1, 0.15) is 32.8 Å². The van der Waals surface area contributed by atoms with Gasteiger partial charge in [0.05, 0.1) is 6.61 Å². The second kappa shape index (κ2) is 8.13. The minimum atomic E-state index is -0.917. The van der Waals surface area contributed by atoms with Gasteiger partial charge in [-0.3, -0.25) is 9.59 Å². The fourth-order valence-electron chi connectivity index (χ4n) is 1.88. The van der Waals surface area contributed by atoms with Crippen LogP contribution in [-0.2, 0) is 14.3 Å². The number of hydrogen-bond donors (Lipinski definition) is 0. The molecule has 0 amide bonds. The fraction of sp³-hybridized carbons (Fsp3) is 0.353. The molecule has 0 spiro atoms. The largest absolute Gasteiger partial charge is 0.465 e. The van der Waals surface area contributed by atoms with Gasteiger partial charge in [0.15, 0.2) is 0 Å². The molecule has 0 radical (unpaired) electrons. The number of ketones is 1. The highest BCUT2D eigenvalue weighted by Crippen LogP contribution is 2.24. The van der Waals surface area contributed by atoms with E-state index >= 15 is 0 Å². The summed E-state index contributed by atoms with van der Waals surface area (Å²) in [5, 5.41) is 0. The van der Waals surface area contributed by atoms with E-state index in [0.717, 1.165) is 12.0 Å². The van der Waals surface area contributed by atoms with Crippen molar-refractivity contribution in [2.75, 3.05) is 6.61 Å². The standard InChI is InChI=1S/C17H20O3/c1-4-6-12-15(14-10-8-7-9-11-14)16(13(3)18)17(19)20-5-2/h6-11,16H,4-5H2,1-3H3. The van der Waals surface area contributed by atoms with Crippen LogP contribution in [0, 0.1) is 5.92 Å². The molecule has 0 aliphatic rings. The third-order valence-corrected chi connectivity index (χ3v) is 2.76. The maximum atomic E-state index is 12.0. The molecule has 1 aromatic rings. The first-order valence-electron chi connectivity index (χ1n) is 6.79. The molecule has 0 bridgehead atoms. The first-order valence-corrected chi connectivity index (χ1v) is 6.79.